The van der Waals surface area contributed by atoms with Gasteiger partial charge in [-0.05, 0) is 59.0 Å². The van der Waals surface area contributed by atoms with Gasteiger partial charge in [0, 0.05) is 30.7 Å². The van der Waals surface area contributed by atoms with Gasteiger partial charge in [0.05, 0.1) is 22.6 Å². The van der Waals surface area contributed by atoms with Gasteiger partial charge in [0.1, 0.15) is 11.5 Å². The van der Waals surface area contributed by atoms with Crippen LogP contribution in [0.15, 0.2) is 55.0 Å². The summed E-state index contributed by atoms with van der Waals surface area (Å²) in [6.45, 7) is 9.07. The molecule has 0 aliphatic carbocycles. The molecule has 1 aromatic carbocycles. The number of imidazole rings is 1. The zero-order valence-corrected chi connectivity index (χ0v) is 19.1. The lowest BCUT2D eigenvalue weighted by atomic mass is 9.90. The first kappa shape index (κ1) is 21.0. The van der Waals surface area contributed by atoms with E-state index < -0.39 is 0 Å². The topological polar surface area (TPSA) is 58.4 Å². The summed E-state index contributed by atoms with van der Waals surface area (Å²) in [5.74, 6) is 0.815. The van der Waals surface area contributed by atoms with Crippen molar-refractivity contribution in [2.75, 3.05) is 26.0 Å². The summed E-state index contributed by atoms with van der Waals surface area (Å²) >= 11 is 0. The number of hydrogen-bond donors (Lipinski definition) is 1. The van der Waals surface area contributed by atoms with Crippen molar-refractivity contribution >= 4 is 11.5 Å². The maximum atomic E-state index is 5.02. The number of aromatic nitrogens is 4. The number of nitrogens with one attached hydrogen (secondary N) is 1. The van der Waals surface area contributed by atoms with Crippen molar-refractivity contribution in [3.63, 3.8) is 0 Å². The van der Waals surface area contributed by atoms with E-state index in [0.717, 1.165) is 39.7 Å². The third-order valence-corrected chi connectivity index (χ3v) is 6.22. The van der Waals surface area contributed by atoms with Crippen LogP contribution in [0.2, 0.25) is 0 Å². The lowest BCUT2D eigenvalue weighted by Gasteiger charge is -2.37. The highest BCUT2D eigenvalue weighted by Crippen LogP contribution is 2.29. The fourth-order valence-corrected chi connectivity index (χ4v) is 3.93. The van der Waals surface area contributed by atoms with Crippen LogP contribution in [-0.4, -0.2) is 44.9 Å². The lowest BCUT2D eigenvalue weighted by molar-refractivity contribution is 0.188. The van der Waals surface area contributed by atoms with E-state index in [-0.39, 0.29) is 5.54 Å². The largest absolute Gasteiger partial charge is 0.366 e. The van der Waals surface area contributed by atoms with Gasteiger partial charge in [-0.2, -0.15) is 0 Å². The molecule has 0 aliphatic heterocycles. The molecule has 31 heavy (non-hydrogen) atoms. The van der Waals surface area contributed by atoms with E-state index in [1.54, 1.807) is 0 Å². The van der Waals surface area contributed by atoms with Gasteiger partial charge in [-0.1, -0.05) is 30.3 Å². The van der Waals surface area contributed by atoms with Crippen molar-refractivity contribution in [3.8, 4) is 11.3 Å². The van der Waals surface area contributed by atoms with Gasteiger partial charge in [-0.15, -0.1) is 0 Å². The standard InChI is InChI=1S/C25H30N6/c1-17-14-22-26-12-13-31(22)15-21(17)23-18(2)28-19(3)24(29-23)27-16-25(4,30(5)6)20-10-8-7-9-11-20/h7-15H,16H2,1-6H3,(H,27,29). The van der Waals surface area contributed by atoms with Gasteiger partial charge in [0.15, 0.2) is 0 Å². The zero-order valence-electron chi connectivity index (χ0n) is 19.1. The van der Waals surface area contributed by atoms with Crippen LogP contribution in [0.4, 0.5) is 5.82 Å². The molecule has 0 amide bonds. The molecule has 4 rings (SSSR count). The Morgan fingerprint density at radius 3 is 2.48 bits per heavy atom. The number of likely N-dealkylation sites (N-methyl/N-ethyl adjacent to an activating group) is 1. The Kier molecular flexibility index (Phi) is 5.50. The van der Waals surface area contributed by atoms with Crippen LogP contribution in [0.25, 0.3) is 16.9 Å². The number of aryl methyl sites for hydroxylation is 3. The minimum atomic E-state index is -0.188. The van der Waals surface area contributed by atoms with Crippen LogP contribution in [-0.2, 0) is 5.54 Å². The molecule has 1 N–H and O–H groups in total. The fourth-order valence-electron chi connectivity index (χ4n) is 3.93. The van der Waals surface area contributed by atoms with E-state index in [0.29, 0.717) is 6.54 Å². The first-order valence-electron chi connectivity index (χ1n) is 10.6. The van der Waals surface area contributed by atoms with Crippen LogP contribution < -0.4 is 5.32 Å². The quantitative estimate of drug-likeness (QED) is 0.499. The van der Waals surface area contributed by atoms with Gasteiger partial charge in [-0.25, -0.2) is 9.97 Å². The second kappa shape index (κ2) is 8.12. The normalized spacial score (nSPS) is 13.5. The molecule has 0 bridgehead atoms. The summed E-state index contributed by atoms with van der Waals surface area (Å²) in [5, 5.41) is 3.59. The van der Waals surface area contributed by atoms with Crippen molar-refractivity contribution < 1.29 is 0 Å². The van der Waals surface area contributed by atoms with Gasteiger partial charge in [0.2, 0.25) is 0 Å². The first-order chi connectivity index (χ1) is 14.8. The minimum Gasteiger partial charge on any atom is -0.366 e. The second-order valence-electron chi connectivity index (χ2n) is 8.54. The number of rotatable bonds is 6. The van der Waals surface area contributed by atoms with Gasteiger partial charge < -0.3 is 9.72 Å². The number of hydrogen-bond acceptors (Lipinski definition) is 5. The summed E-state index contributed by atoms with van der Waals surface area (Å²) in [5.41, 5.74) is 6.92. The molecule has 0 saturated heterocycles. The zero-order chi connectivity index (χ0) is 22.2. The van der Waals surface area contributed by atoms with E-state index in [1.807, 2.05) is 36.7 Å². The molecule has 3 aromatic heterocycles. The first-order valence-corrected chi connectivity index (χ1v) is 10.6. The Balaban J connectivity index is 1.70. The number of benzene rings is 1. The Morgan fingerprint density at radius 1 is 1.03 bits per heavy atom. The molecule has 6 heteroatoms. The summed E-state index contributed by atoms with van der Waals surface area (Å²) in [6.07, 6.45) is 5.85. The molecule has 1 atom stereocenters. The highest BCUT2D eigenvalue weighted by molar-refractivity contribution is 5.69. The molecule has 4 aromatic rings. The number of nitrogens with zero attached hydrogens (tertiary/aromatic N) is 5. The molecular weight excluding hydrogens is 384 g/mol. The summed E-state index contributed by atoms with van der Waals surface area (Å²) in [6, 6.07) is 12.6. The monoisotopic (exact) mass is 414 g/mol. The maximum absolute atomic E-state index is 5.02. The van der Waals surface area contributed by atoms with Crippen molar-refractivity contribution in [2.45, 2.75) is 33.2 Å². The second-order valence-corrected chi connectivity index (χ2v) is 8.54. The molecule has 160 valence electrons. The third kappa shape index (κ3) is 3.91. The van der Waals surface area contributed by atoms with Crippen LogP contribution in [0, 0.1) is 20.8 Å². The Morgan fingerprint density at radius 2 is 1.77 bits per heavy atom. The van der Waals surface area contributed by atoms with Crippen LogP contribution >= 0.6 is 0 Å². The molecule has 0 fully saturated rings. The van der Waals surface area contributed by atoms with Crippen LogP contribution in [0.3, 0.4) is 0 Å². The summed E-state index contributed by atoms with van der Waals surface area (Å²) in [7, 11) is 4.22. The average molecular weight is 415 g/mol. The predicted octanol–water partition coefficient (Wildman–Crippen LogP) is 4.61. The molecule has 0 saturated carbocycles. The Hall–Kier alpha value is -3.25. The van der Waals surface area contributed by atoms with E-state index in [4.69, 9.17) is 9.97 Å². The highest BCUT2D eigenvalue weighted by Gasteiger charge is 2.29. The molecule has 0 aliphatic rings. The van der Waals surface area contributed by atoms with Crippen molar-refractivity contribution in [3.05, 3.63) is 77.5 Å². The summed E-state index contributed by atoms with van der Waals surface area (Å²) < 4.78 is 2.02. The average Bonchev–Trinajstić information content (AvgIpc) is 3.20. The number of pyridine rings is 1. The number of anilines is 1. The number of fused-ring (bicyclic) bond motifs is 1. The SMILES string of the molecule is Cc1cc2nccn2cc1-c1nc(NCC(C)(c2ccccc2)N(C)C)c(C)nc1C. The molecule has 6 nitrogen and oxygen atoms in total. The van der Waals surface area contributed by atoms with Crippen molar-refractivity contribution in [1.29, 1.82) is 0 Å². The molecule has 0 radical (unpaired) electrons. The Labute approximate surface area is 184 Å². The molecular formula is C25H30N6. The molecule has 0 spiro atoms. The maximum Gasteiger partial charge on any atom is 0.148 e. The molecule has 1 unspecified atom stereocenters. The van der Waals surface area contributed by atoms with Crippen molar-refractivity contribution in [1.82, 2.24) is 24.3 Å². The smallest absolute Gasteiger partial charge is 0.148 e. The van der Waals surface area contributed by atoms with Crippen LogP contribution in [0.1, 0.15) is 29.4 Å². The van der Waals surface area contributed by atoms with Gasteiger partial charge >= 0.3 is 0 Å². The van der Waals surface area contributed by atoms with Gasteiger partial charge in [0.25, 0.3) is 0 Å². The Bertz CT molecular complexity index is 1210. The fraction of sp³-hybridized carbons (Fsp3) is 0.320. The van der Waals surface area contributed by atoms with Crippen LogP contribution in [0.5, 0.6) is 0 Å². The molecule has 3 heterocycles. The summed E-state index contributed by atoms with van der Waals surface area (Å²) in [4.78, 5) is 16.5. The third-order valence-electron chi connectivity index (χ3n) is 6.22. The van der Waals surface area contributed by atoms with Crippen molar-refractivity contribution in [2.24, 2.45) is 0 Å². The van der Waals surface area contributed by atoms with E-state index in [9.17, 15) is 0 Å². The van der Waals surface area contributed by atoms with E-state index in [1.165, 1.54) is 5.56 Å². The predicted molar refractivity (Wildman–Crippen MR) is 126 cm³/mol. The minimum absolute atomic E-state index is 0.188. The lowest BCUT2D eigenvalue weighted by Crippen LogP contribution is -2.44. The van der Waals surface area contributed by atoms with Gasteiger partial charge in [-0.3, -0.25) is 9.88 Å². The van der Waals surface area contributed by atoms with E-state index in [2.05, 4.69) is 79.7 Å². The highest BCUT2D eigenvalue weighted by atomic mass is 15.2. The van der Waals surface area contributed by atoms with E-state index >= 15 is 0 Å².